The van der Waals surface area contributed by atoms with Gasteiger partial charge in [0.25, 0.3) is 0 Å². The molecule has 2 aliphatic heterocycles. The molecule has 3 heterocycles. The molecule has 4 rings (SSSR count). The van der Waals surface area contributed by atoms with Crippen molar-refractivity contribution in [3.05, 3.63) is 76.2 Å². The van der Waals surface area contributed by atoms with E-state index in [0.717, 1.165) is 0 Å². The number of allylic oxidation sites excluding steroid dienone is 3. The van der Waals surface area contributed by atoms with Crippen LogP contribution in [0.2, 0.25) is 0 Å². The van der Waals surface area contributed by atoms with Crippen molar-refractivity contribution in [2.24, 2.45) is 5.73 Å². The maximum Gasteiger partial charge on any atom is 0.177 e. The van der Waals surface area contributed by atoms with Crippen molar-refractivity contribution in [1.29, 1.82) is 5.26 Å². The lowest BCUT2D eigenvalue weighted by molar-refractivity contribution is 0.500. The monoisotopic (exact) mass is 371 g/mol. The summed E-state index contributed by atoms with van der Waals surface area (Å²) in [7, 11) is -3.57. The summed E-state index contributed by atoms with van der Waals surface area (Å²) >= 11 is 0. The first-order valence-electron chi connectivity index (χ1n) is 7.88. The van der Waals surface area contributed by atoms with Crippen molar-refractivity contribution < 1.29 is 17.2 Å². The summed E-state index contributed by atoms with van der Waals surface area (Å²) in [5, 5.41) is 9.70. The number of anilines is 1. The second-order valence-corrected chi connectivity index (χ2v) is 8.13. The Morgan fingerprint density at radius 2 is 2.00 bits per heavy atom. The Kier molecular flexibility index (Phi) is 3.63. The number of benzene rings is 1. The molecule has 0 bridgehead atoms. The Balaban J connectivity index is 1.99. The van der Waals surface area contributed by atoms with Crippen LogP contribution in [-0.2, 0) is 9.84 Å². The highest BCUT2D eigenvalue weighted by Gasteiger charge is 2.46. The zero-order chi connectivity index (χ0) is 18.5. The van der Waals surface area contributed by atoms with Gasteiger partial charge in [-0.05, 0) is 36.4 Å². The number of hydrogen-bond donors (Lipinski definition) is 1. The van der Waals surface area contributed by atoms with Gasteiger partial charge in [-0.2, -0.15) is 5.26 Å². The number of sulfone groups is 1. The fourth-order valence-corrected chi connectivity index (χ4v) is 5.32. The van der Waals surface area contributed by atoms with E-state index in [1.54, 1.807) is 12.1 Å². The van der Waals surface area contributed by atoms with E-state index in [9.17, 15) is 18.1 Å². The third-order valence-corrected chi connectivity index (χ3v) is 6.48. The number of furan rings is 1. The molecule has 8 heteroatoms. The first-order chi connectivity index (χ1) is 12.4. The van der Waals surface area contributed by atoms with Crippen molar-refractivity contribution >= 4 is 15.5 Å². The largest absolute Gasteiger partial charge is 0.468 e. The van der Waals surface area contributed by atoms with Crippen LogP contribution in [0.25, 0.3) is 0 Å². The van der Waals surface area contributed by atoms with Gasteiger partial charge in [-0.25, -0.2) is 12.8 Å². The number of nitrogens with zero attached hydrogens (tertiary/aromatic N) is 2. The van der Waals surface area contributed by atoms with E-state index >= 15 is 0 Å². The van der Waals surface area contributed by atoms with Gasteiger partial charge in [0.2, 0.25) is 0 Å². The zero-order valence-corrected chi connectivity index (χ0v) is 14.3. The number of halogens is 1. The van der Waals surface area contributed by atoms with Gasteiger partial charge in [-0.1, -0.05) is 0 Å². The van der Waals surface area contributed by atoms with Crippen LogP contribution in [0.5, 0.6) is 0 Å². The standard InChI is InChI=1S/C18H14FN3O3S/c19-11-3-5-12(6-4-11)22-14-7-9-26(23,24)17(14)16(13(10-20)18(22)21)15-2-1-8-25-15/h1-6,8,16H,7,9,21H2/t16-/m1/s1. The van der Waals surface area contributed by atoms with Gasteiger partial charge < -0.3 is 10.2 Å². The zero-order valence-electron chi connectivity index (χ0n) is 13.5. The van der Waals surface area contributed by atoms with Crippen LogP contribution >= 0.6 is 0 Å². The lowest BCUT2D eigenvalue weighted by Gasteiger charge is -2.34. The molecule has 0 fully saturated rings. The van der Waals surface area contributed by atoms with Gasteiger partial charge in [0.1, 0.15) is 17.4 Å². The predicted molar refractivity (Wildman–Crippen MR) is 92.6 cm³/mol. The van der Waals surface area contributed by atoms with E-state index in [-0.39, 0.29) is 28.5 Å². The molecular weight excluding hydrogens is 357 g/mol. The Labute approximate surface area is 149 Å². The smallest absolute Gasteiger partial charge is 0.177 e. The summed E-state index contributed by atoms with van der Waals surface area (Å²) in [6.07, 6.45) is 1.68. The molecule has 0 radical (unpaired) electrons. The number of nitriles is 1. The highest BCUT2D eigenvalue weighted by atomic mass is 32.2. The molecule has 2 aromatic rings. The molecule has 1 aromatic heterocycles. The predicted octanol–water partition coefficient (Wildman–Crippen LogP) is 2.75. The minimum atomic E-state index is -3.57. The highest BCUT2D eigenvalue weighted by molar-refractivity contribution is 7.95. The lowest BCUT2D eigenvalue weighted by Crippen LogP contribution is -2.34. The van der Waals surface area contributed by atoms with Crippen LogP contribution in [0.3, 0.4) is 0 Å². The molecule has 2 N–H and O–H groups in total. The van der Waals surface area contributed by atoms with Crippen molar-refractivity contribution in [3.8, 4) is 6.07 Å². The first-order valence-corrected chi connectivity index (χ1v) is 9.54. The van der Waals surface area contributed by atoms with Crippen molar-refractivity contribution in [2.45, 2.75) is 12.3 Å². The van der Waals surface area contributed by atoms with E-state index in [2.05, 4.69) is 0 Å². The molecule has 26 heavy (non-hydrogen) atoms. The van der Waals surface area contributed by atoms with E-state index in [1.165, 1.54) is 35.4 Å². The van der Waals surface area contributed by atoms with Crippen LogP contribution in [0, 0.1) is 17.1 Å². The summed E-state index contributed by atoms with van der Waals surface area (Å²) in [5.74, 6) is -0.888. The molecule has 0 saturated carbocycles. The third kappa shape index (κ3) is 2.32. The van der Waals surface area contributed by atoms with Gasteiger partial charge in [0.05, 0.1) is 34.5 Å². The molecule has 0 amide bonds. The van der Waals surface area contributed by atoms with Crippen LogP contribution < -0.4 is 10.6 Å². The molecule has 132 valence electrons. The maximum atomic E-state index is 13.3. The minimum absolute atomic E-state index is 0.0709. The van der Waals surface area contributed by atoms with E-state index in [1.807, 2.05) is 6.07 Å². The molecule has 1 aromatic carbocycles. The molecular formula is C18H14FN3O3S. The lowest BCUT2D eigenvalue weighted by atomic mass is 9.91. The molecule has 1 atom stereocenters. The summed E-state index contributed by atoms with van der Waals surface area (Å²) in [6, 6.07) is 10.8. The third-order valence-electron chi connectivity index (χ3n) is 4.60. The van der Waals surface area contributed by atoms with Gasteiger partial charge in [-0.15, -0.1) is 0 Å². The van der Waals surface area contributed by atoms with Crippen molar-refractivity contribution in [2.75, 3.05) is 10.7 Å². The molecule has 0 unspecified atom stereocenters. The number of hydrogen-bond acceptors (Lipinski definition) is 6. The van der Waals surface area contributed by atoms with Gasteiger partial charge in [0.15, 0.2) is 9.84 Å². The average molecular weight is 371 g/mol. The number of rotatable bonds is 2. The van der Waals surface area contributed by atoms with E-state index in [4.69, 9.17) is 10.2 Å². The maximum absolute atomic E-state index is 13.3. The van der Waals surface area contributed by atoms with Crippen molar-refractivity contribution in [3.63, 3.8) is 0 Å². The van der Waals surface area contributed by atoms with Gasteiger partial charge >= 0.3 is 0 Å². The van der Waals surface area contributed by atoms with Crippen molar-refractivity contribution in [1.82, 2.24) is 0 Å². The first kappa shape index (κ1) is 16.4. The molecule has 0 aliphatic carbocycles. The summed E-state index contributed by atoms with van der Waals surface area (Å²) in [5.41, 5.74) is 7.35. The Bertz CT molecular complexity index is 1080. The Hall–Kier alpha value is -3.05. The summed E-state index contributed by atoms with van der Waals surface area (Å²) < 4.78 is 44.2. The topological polar surface area (TPSA) is 100 Å². The Morgan fingerprint density at radius 1 is 1.27 bits per heavy atom. The minimum Gasteiger partial charge on any atom is -0.468 e. The van der Waals surface area contributed by atoms with E-state index < -0.39 is 21.6 Å². The highest BCUT2D eigenvalue weighted by Crippen LogP contribution is 2.48. The molecule has 0 saturated heterocycles. The van der Waals surface area contributed by atoms with E-state index in [0.29, 0.717) is 17.1 Å². The fraction of sp³-hybridized carbons (Fsp3) is 0.167. The fourth-order valence-electron chi connectivity index (χ4n) is 3.49. The molecule has 6 nitrogen and oxygen atoms in total. The second-order valence-electron chi connectivity index (χ2n) is 6.05. The molecule has 2 aliphatic rings. The van der Waals surface area contributed by atoms with Gasteiger partial charge in [0, 0.05) is 17.8 Å². The van der Waals surface area contributed by atoms with Crippen LogP contribution in [0.15, 0.2) is 69.1 Å². The van der Waals surface area contributed by atoms with Crippen LogP contribution in [0.4, 0.5) is 10.1 Å². The summed E-state index contributed by atoms with van der Waals surface area (Å²) in [6.45, 7) is 0. The second kappa shape index (κ2) is 5.75. The quantitative estimate of drug-likeness (QED) is 0.871. The van der Waals surface area contributed by atoms with Gasteiger partial charge in [-0.3, -0.25) is 4.90 Å². The SMILES string of the molecule is N#CC1=C(N)N(c2ccc(F)cc2)C2=C([C@H]1c1ccco1)S(=O)(=O)CC2. The van der Waals surface area contributed by atoms with Crippen LogP contribution in [-0.4, -0.2) is 14.2 Å². The normalized spacial score (nSPS) is 21.7. The van der Waals surface area contributed by atoms with Crippen LogP contribution in [0.1, 0.15) is 18.1 Å². The molecule has 0 spiro atoms. The number of nitrogens with two attached hydrogens (primary N) is 1. The average Bonchev–Trinajstić information content (AvgIpc) is 3.24. The summed E-state index contributed by atoms with van der Waals surface area (Å²) in [4.78, 5) is 1.65. The Morgan fingerprint density at radius 3 is 2.62 bits per heavy atom.